The van der Waals surface area contributed by atoms with Gasteiger partial charge in [0, 0.05) is 18.0 Å². The Bertz CT molecular complexity index is 1270. The van der Waals surface area contributed by atoms with Crippen molar-refractivity contribution in [3.8, 4) is 11.5 Å². The molecule has 39 heavy (non-hydrogen) atoms. The third-order valence-electron chi connectivity index (χ3n) is 6.08. The lowest BCUT2D eigenvalue weighted by atomic mass is 10.1. The van der Waals surface area contributed by atoms with Crippen LogP contribution in [0.3, 0.4) is 0 Å². The first kappa shape index (κ1) is 28.3. The number of alkyl carbamates (subject to hydrolysis) is 1. The molecule has 0 bridgehead atoms. The van der Waals surface area contributed by atoms with Crippen LogP contribution in [-0.2, 0) is 22.5 Å². The van der Waals surface area contributed by atoms with Crippen LogP contribution in [0, 0.1) is 0 Å². The molecule has 1 unspecified atom stereocenters. The van der Waals surface area contributed by atoms with Crippen molar-refractivity contribution >= 4 is 29.3 Å². The first-order valence-corrected chi connectivity index (χ1v) is 13.6. The van der Waals surface area contributed by atoms with Gasteiger partial charge in [-0.1, -0.05) is 48.0 Å². The molecule has 0 spiro atoms. The van der Waals surface area contributed by atoms with E-state index in [1.54, 1.807) is 4.90 Å². The molecule has 0 saturated heterocycles. The number of hydrogen-bond acceptors (Lipinski definition) is 5. The van der Waals surface area contributed by atoms with E-state index >= 15 is 0 Å². The lowest BCUT2D eigenvalue weighted by Crippen LogP contribution is -2.46. The first-order valence-electron chi connectivity index (χ1n) is 13.2. The molecule has 206 valence electrons. The molecule has 3 aromatic rings. The lowest BCUT2D eigenvalue weighted by molar-refractivity contribution is -0.127. The van der Waals surface area contributed by atoms with Crippen LogP contribution in [-0.4, -0.2) is 36.9 Å². The summed E-state index contributed by atoms with van der Waals surface area (Å²) in [7, 11) is 0. The third kappa shape index (κ3) is 8.39. The fourth-order valence-corrected chi connectivity index (χ4v) is 4.49. The summed E-state index contributed by atoms with van der Waals surface area (Å²) < 4.78 is 17.2. The number of carbonyl (C=O) groups excluding carboxylic acids is 2. The molecule has 1 atom stereocenters. The molecule has 0 radical (unpaired) electrons. The van der Waals surface area contributed by atoms with Gasteiger partial charge in [0.1, 0.15) is 17.1 Å². The van der Waals surface area contributed by atoms with E-state index in [0.29, 0.717) is 36.9 Å². The second-order valence-corrected chi connectivity index (χ2v) is 10.9. The quantitative estimate of drug-likeness (QED) is 0.289. The molecule has 1 N–H and O–H groups in total. The maximum atomic E-state index is 13.4. The number of aryl methyl sites for hydroxylation is 1. The van der Waals surface area contributed by atoms with Crippen molar-refractivity contribution in [1.82, 2.24) is 5.32 Å². The van der Waals surface area contributed by atoms with Gasteiger partial charge in [0.05, 0.1) is 18.8 Å². The van der Waals surface area contributed by atoms with Gasteiger partial charge in [-0.15, -0.1) is 0 Å². The SMILES string of the molecule is CC(C)(C)OC(=O)NCCCc1ccc(OCCC2Oc3ccccc3N(Cc3cccc(Cl)c3)C2=O)cc1. The predicted octanol–water partition coefficient (Wildman–Crippen LogP) is 6.56. The van der Waals surface area contributed by atoms with E-state index < -0.39 is 17.8 Å². The van der Waals surface area contributed by atoms with E-state index in [-0.39, 0.29) is 5.91 Å². The number of halogens is 1. The van der Waals surface area contributed by atoms with E-state index in [0.717, 1.165) is 35.4 Å². The summed E-state index contributed by atoms with van der Waals surface area (Å²) >= 11 is 6.16. The zero-order valence-corrected chi connectivity index (χ0v) is 23.4. The summed E-state index contributed by atoms with van der Waals surface area (Å²) in [5.74, 6) is 1.30. The fraction of sp³-hybridized carbons (Fsp3) is 0.355. The number of rotatable bonds is 10. The van der Waals surface area contributed by atoms with E-state index in [4.69, 9.17) is 25.8 Å². The normalized spacial score (nSPS) is 14.8. The van der Waals surface area contributed by atoms with E-state index in [2.05, 4.69) is 5.32 Å². The average molecular weight is 551 g/mol. The molecule has 1 aliphatic rings. The fourth-order valence-electron chi connectivity index (χ4n) is 4.27. The zero-order valence-electron chi connectivity index (χ0n) is 22.6. The Balaban J connectivity index is 1.26. The summed E-state index contributed by atoms with van der Waals surface area (Å²) in [5.41, 5.74) is 2.34. The number of fused-ring (bicyclic) bond motifs is 1. The number of benzene rings is 3. The Morgan fingerprint density at radius 1 is 1.03 bits per heavy atom. The van der Waals surface area contributed by atoms with Crippen LogP contribution in [0.1, 0.15) is 44.7 Å². The number of hydrogen-bond donors (Lipinski definition) is 1. The minimum Gasteiger partial charge on any atom is -0.493 e. The van der Waals surface area contributed by atoms with Crippen molar-refractivity contribution in [3.05, 3.63) is 88.9 Å². The van der Waals surface area contributed by atoms with Gasteiger partial charge < -0.3 is 24.4 Å². The maximum Gasteiger partial charge on any atom is 0.407 e. The summed E-state index contributed by atoms with van der Waals surface area (Å²) in [6, 6.07) is 22.9. The van der Waals surface area contributed by atoms with Gasteiger partial charge in [-0.25, -0.2) is 4.79 Å². The number of ether oxygens (including phenoxy) is 3. The summed E-state index contributed by atoms with van der Waals surface area (Å²) in [6.07, 6.45) is 0.992. The Hall–Kier alpha value is -3.71. The average Bonchev–Trinajstić information content (AvgIpc) is 2.89. The van der Waals surface area contributed by atoms with Gasteiger partial charge in [-0.2, -0.15) is 0 Å². The molecule has 2 amide bonds. The molecule has 0 aliphatic carbocycles. The van der Waals surface area contributed by atoms with Crippen molar-refractivity contribution in [3.63, 3.8) is 0 Å². The highest BCUT2D eigenvalue weighted by atomic mass is 35.5. The molecular weight excluding hydrogens is 516 g/mol. The molecule has 7 nitrogen and oxygen atoms in total. The standard InChI is InChI=1S/C31H35ClN2O5/c1-31(2,3)39-30(36)33-18-7-9-22-13-15-25(16-14-22)37-19-17-28-29(35)34(21-23-8-6-10-24(32)20-23)26-11-4-5-12-27(26)38-28/h4-6,8,10-16,20,28H,7,9,17-19,21H2,1-3H3,(H,33,36). The summed E-state index contributed by atoms with van der Waals surface area (Å²) in [4.78, 5) is 26.9. The highest BCUT2D eigenvalue weighted by Crippen LogP contribution is 2.35. The van der Waals surface area contributed by atoms with E-state index in [9.17, 15) is 9.59 Å². The number of carbonyl (C=O) groups is 2. The molecule has 0 aromatic heterocycles. The number of amides is 2. The van der Waals surface area contributed by atoms with E-state index in [1.165, 1.54) is 0 Å². The molecule has 1 aliphatic heterocycles. The molecule has 8 heteroatoms. The first-order chi connectivity index (χ1) is 18.7. The molecule has 3 aromatic carbocycles. The van der Waals surface area contributed by atoms with Crippen molar-refractivity contribution < 1.29 is 23.8 Å². The van der Waals surface area contributed by atoms with Crippen LogP contribution >= 0.6 is 11.6 Å². The van der Waals surface area contributed by atoms with Crippen molar-refractivity contribution in [2.75, 3.05) is 18.1 Å². The van der Waals surface area contributed by atoms with Crippen LogP contribution in [0.2, 0.25) is 5.02 Å². The molecule has 0 saturated carbocycles. The number of anilines is 1. The van der Waals surface area contributed by atoms with Gasteiger partial charge >= 0.3 is 6.09 Å². The van der Waals surface area contributed by atoms with Gasteiger partial charge in [0.2, 0.25) is 0 Å². The van der Waals surface area contributed by atoms with Gasteiger partial charge in [0.25, 0.3) is 5.91 Å². The third-order valence-corrected chi connectivity index (χ3v) is 6.31. The number of para-hydroxylation sites is 2. The monoisotopic (exact) mass is 550 g/mol. The van der Waals surface area contributed by atoms with Crippen molar-refractivity contribution in [2.24, 2.45) is 0 Å². The Morgan fingerprint density at radius 3 is 2.54 bits per heavy atom. The molecular formula is C31H35ClN2O5. The van der Waals surface area contributed by atoms with Crippen LogP contribution in [0.4, 0.5) is 10.5 Å². The number of nitrogens with zero attached hydrogens (tertiary/aromatic N) is 1. The van der Waals surface area contributed by atoms with Crippen molar-refractivity contribution in [2.45, 2.75) is 58.3 Å². The van der Waals surface area contributed by atoms with Crippen molar-refractivity contribution in [1.29, 1.82) is 0 Å². The van der Waals surface area contributed by atoms with E-state index in [1.807, 2.05) is 93.6 Å². The smallest absolute Gasteiger partial charge is 0.407 e. The predicted molar refractivity (Wildman–Crippen MR) is 153 cm³/mol. The summed E-state index contributed by atoms with van der Waals surface area (Å²) in [6.45, 7) is 6.81. The number of nitrogens with one attached hydrogen (secondary N) is 1. The molecule has 4 rings (SSSR count). The molecule has 0 fully saturated rings. The maximum absolute atomic E-state index is 13.4. The van der Waals surface area contributed by atoms with Gasteiger partial charge in [0.15, 0.2) is 6.10 Å². The van der Waals surface area contributed by atoms with Gasteiger partial charge in [-0.05, 0) is 81.1 Å². The molecule has 1 heterocycles. The largest absolute Gasteiger partial charge is 0.493 e. The zero-order chi connectivity index (χ0) is 27.8. The Kier molecular flexibility index (Phi) is 9.36. The second kappa shape index (κ2) is 12.9. The van der Waals surface area contributed by atoms with Gasteiger partial charge in [-0.3, -0.25) is 4.79 Å². The second-order valence-electron chi connectivity index (χ2n) is 10.4. The Morgan fingerprint density at radius 2 is 1.79 bits per heavy atom. The minimum atomic E-state index is -0.643. The Labute approximate surface area is 235 Å². The van der Waals surface area contributed by atoms with Crippen LogP contribution in [0.5, 0.6) is 11.5 Å². The van der Waals surface area contributed by atoms with Crippen LogP contribution < -0.4 is 19.7 Å². The highest BCUT2D eigenvalue weighted by Gasteiger charge is 2.34. The summed E-state index contributed by atoms with van der Waals surface area (Å²) in [5, 5.41) is 3.41. The van der Waals surface area contributed by atoms with Crippen LogP contribution in [0.15, 0.2) is 72.8 Å². The highest BCUT2D eigenvalue weighted by molar-refractivity contribution is 6.30. The lowest BCUT2D eigenvalue weighted by Gasteiger charge is -2.34. The minimum absolute atomic E-state index is 0.104. The van der Waals surface area contributed by atoms with Crippen LogP contribution in [0.25, 0.3) is 0 Å². The topological polar surface area (TPSA) is 77.1 Å².